The van der Waals surface area contributed by atoms with Gasteiger partial charge in [-0.05, 0) is 19.3 Å². The molecule has 0 spiro atoms. The Morgan fingerprint density at radius 1 is 1.11 bits per heavy atom. The van der Waals surface area contributed by atoms with Crippen molar-refractivity contribution < 1.29 is 4.79 Å². The van der Waals surface area contributed by atoms with Crippen LogP contribution < -0.4 is 0 Å². The van der Waals surface area contributed by atoms with Crippen LogP contribution in [0.3, 0.4) is 0 Å². The minimum Gasteiger partial charge on any atom is -0.339 e. The molecule has 0 saturated heterocycles. The van der Waals surface area contributed by atoms with Crippen LogP contribution in [-0.4, -0.2) is 28.7 Å². The van der Waals surface area contributed by atoms with E-state index in [2.05, 4.69) is 27.8 Å². The van der Waals surface area contributed by atoms with E-state index >= 15 is 0 Å². The van der Waals surface area contributed by atoms with Crippen molar-refractivity contribution in [3.8, 4) is 0 Å². The van der Waals surface area contributed by atoms with E-state index in [1.54, 1.807) is 0 Å². The summed E-state index contributed by atoms with van der Waals surface area (Å²) < 4.78 is 0. The molecule has 0 N–H and O–H groups in total. The van der Waals surface area contributed by atoms with Crippen LogP contribution in [0.15, 0.2) is 0 Å². The van der Waals surface area contributed by atoms with Gasteiger partial charge in [0.2, 0.25) is 5.91 Å². The van der Waals surface area contributed by atoms with Crippen LogP contribution in [-0.2, 0) is 4.79 Å². The molecule has 0 aromatic rings. The fourth-order valence-corrected chi connectivity index (χ4v) is 3.40. The van der Waals surface area contributed by atoms with Crippen molar-refractivity contribution in [3.63, 3.8) is 0 Å². The maximum absolute atomic E-state index is 12.3. The highest BCUT2D eigenvalue weighted by Crippen LogP contribution is 2.24. The second-order valence-corrected chi connectivity index (χ2v) is 6.53. The minimum absolute atomic E-state index is 0.391. The first kappa shape index (κ1) is 17.0. The first-order chi connectivity index (χ1) is 9.29. The first-order valence-corrected chi connectivity index (χ1v) is 9.27. The normalized spacial score (nSPS) is 15.9. The Labute approximate surface area is 127 Å². The van der Waals surface area contributed by atoms with Crippen LogP contribution in [0.4, 0.5) is 0 Å². The Bertz CT molecular complexity index is 239. The van der Waals surface area contributed by atoms with Gasteiger partial charge >= 0.3 is 0 Å². The fraction of sp³-hybridized carbons (Fsp3) is 0.938. The highest BCUT2D eigenvalue weighted by Gasteiger charge is 2.25. The molecule has 2 nitrogen and oxygen atoms in total. The molecule has 0 bridgehead atoms. The zero-order chi connectivity index (χ0) is 13.9. The van der Waals surface area contributed by atoms with Gasteiger partial charge in [-0.1, -0.05) is 67.8 Å². The molecule has 3 heteroatoms. The summed E-state index contributed by atoms with van der Waals surface area (Å²) in [4.78, 5) is 14.5. The number of carbonyl (C=O) groups excluding carboxylic acids is 1. The molecular weight excluding hydrogens is 302 g/mol. The smallest absolute Gasteiger partial charge is 0.222 e. The van der Waals surface area contributed by atoms with Crippen LogP contribution in [0.2, 0.25) is 0 Å². The number of unbranched alkanes of at least 4 members (excludes halogenated alkanes) is 5. The van der Waals surface area contributed by atoms with Crippen molar-refractivity contribution >= 4 is 21.8 Å². The number of carbonyl (C=O) groups is 1. The molecule has 0 radical (unpaired) electrons. The van der Waals surface area contributed by atoms with Crippen LogP contribution in [0, 0.1) is 0 Å². The lowest BCUT2D eigenvalue weighted by Crippen LogP contribution is -2.40. The van der Waals surface area contributed by atoms with Crippen molar-refractivity contribution in [3.05, 3.63) is 0 Å². The maximum atomic E-state index is 12.3. The van der Waals surface area contributed by atoms with Crippen LogP contribution in [0.25, 0.3) is 0 Å². The molecule has 0 aromatic heterocycles. The highest BCUT2D eigenvalue weighted by molar-refractivity contribution is 9.09. The molecule has 0 aliphatic heterocycles. The summed E-state index contributed by atoms with van der Waals surface area (Å²) in [6, 6.07) is 0.533. The second kappa shape index (κ2) is 10.7. The summed E-state index contributed by atoms with van der Waals surface area (Å²) in [5.41, 5.74) is 0. The van der Waals surface area contributed by atoms with Gasteiger partial charge in [0.25, 0.3) is 0 Å². The lowest BCUT2D eigenvalue weighted by atomic mass is 10.1. The number of amides is 1. The number of hydrogen-bond acceptors (Lipinski definition) is 1. The van der Waals surface area contributed by atoms with E-state index in [0.717, 1.165) is 24.7 Å². The van der Waals surface area contributed by atoms with Gasteiger partial charge in [0.1, 0.15) is 0 Å². The van der Waals surface area contributed by atoms with Crippen LogP contribution in [0.1, 0.15) is 77.6 Å². The summed E-state index contributed by atoms with van der Waals surface area (Å²) >= 11 is 3.48. The quantitative estimate of drug-likeness (QED) is 0.411. The zero-order valence-corrected chi connectivity index (χ0v) is 14.1. The molecule has 1 fully saturated rings. The summed E-state index contributed by atoms with van der Waals surface area (Å²) in [6.45, 7) is 3.13. The molecule has 1 rings (SSSR count). The van der Waals surface area contributed by atoms with Crippen molar-refractivity contribution in [2.24, 2.45) is 0 Å². The topological polar surface area (TPSA) is 20.3 Å². The lowest BCUT2D eigenvalue weighted by molar-refractivity contribution is -0.133. The molecule has 1 aliphatic rings. The predicted molar refractivity (Wildman–Crippen MR) is 85.8 cm³/mol. The van der Waals surface area contributed by atoms with Gasteiger partial charge in [-0.3, -0.25) is 4.79 Å². The Balaban J connectivity index is 2.20. The minimum atomic E-state index is 0.391. The van der Waals surface area contributed by atoms with Gasteiger partial charge in [0.15, 0.2) is 0 Å². The lowest BCUT2D eigenvalue weighted by Gasteiger charge is -2.28. The molecule has 0 aromatic carbocycles. The van der Waals surface area contributed by atoms with E-state index < -0.39 is 0 Å². The van der Waals surface area contributed by atoms with Crippen LogP contribution >= 0.6 is 15.9 Å². The number of halogens is 1. The second-order valence-electron chi connectivity index (χ2n) is 5.73. The molecule has 1 amide bonds. The summed E-state index contributed by atoms with van der Waals surface area (Å²) in [7, 11) is 0. The van der Waals surface area contributed by atoms with Gasteiger partial charge in [-0.25, -0.2) is 0 Å². The molecular formula is C16H30BrNO. The Kier molecular flexibility index (Phi) is 9.58. The largest absolute Gasteiger partial charge is 0.339 e. The van der Waals surface area contributed by atoms with Gasteiger partial charge < -0.3 is 4.90 Å². The SMILES string of the molecule is CCCCCCCCC(=O)N(CCBr)C1CCCC1. The van der Waals surface area contributed by atoms with E-state index in [4.69, 9.17) is 0 Å². The third kappa shape index (κ3) is 6.78. The number of alkyl halides is 1. The predicted octanol–water partition coefficient (Wildman–Crippen LogP) is 4.90. The highest BCUT2D eigenvalue weighted by atomic mass is 79.9. The van der Waals surface area contributed by atoms with E-state index in [9.17, 15) is 4.79 Å². The van der Waals surface area contributed by atoms with E-state index in [1.165, 1.54) is 57.8 Å². The molecule has 1 aliphatic carbocycles. The van der Waals surface area contributed by atoms with Gasteiger partial charge in [-0.2, -0.15) is 0 Å². The van der Waals surface area contributed by atoms with E-state index in [-0.39, 0.29) is 0 Å². The summed E-state index contributed by atoms with van der Waals surface area (Å²) in [6.07, 6.45) is 13.3. The number of nitrogens with zero attached hydrogens (tertiary/aromatic N) is 1. The zero-order valence-electron chi connectivity index (χ0n) is 12.5. The molecule has 0 heterocycles. The Hall–Kier alpha value is -0.0500. The van der Waals surface area contributed by atoms with Crippen molar-refractivity contribution in [2.75, 3.05) is 11.9 Å². The molecule has 0 unspecified atom stereocenters. The Morgan fingerprint density at radius 2 is 1.74 bits per heavy atom. The van der Waals surface area contributed by atoms with Gasteiger partial charge in [0, 0.05) is 24.3 Å². The third-order valence-electron chi connectivity index (χ3n) is 4.16. The number of hydrogen-bond donors (Lipinski definition) is 0. The van der Waals surface area contributed by atoms with Gasteiger partial charge in [0.05, 0.1) is 0 Å². The average Bonchev–Trinajstić information content (AvgIpc) is 2.93. The fourth-order valence-electron chi connectivity index (χ4n) is 3.02. The average molecular weight is 332 g/mol. The monoisotopic (exact) mass is 331 g/mol. The van der Waals surface area contributed by atoms with Gasteiger partial charge in [-0.15, -0.1) is 0 Å². The van der Waals surface area contributed by atoms with E-state index in [0.29, 0.717) is 11.9 Å². The van der Waals surface area contributed by atoms with Crippen molar-refractivity contribution in [1.29, 1.82) is 0 Å². The molecule has 1 saturated carbocycles. The van der Waals surface area contributed by atoms with Crippen molar-refractivity contribution in [2.45, 2.75) is 83.6 Å². The number of rotatable bonds is 10. The first-order valence-electron chi connectivity index (χ1n) is 8.15. The van der Waals surface area contributed by atoms with Crippen molar-refractivity contribution in [1.82, 2.24) is 4.90 Å². The summed E-state index contributed by atoms with van der Waals surface area (Å²) in [5, 5.41) is 0.908. The maximum Gasteiger partial charge on any atom is 0.222 e. The van der Waals surface area contributed by atoms with Crippen LogP contribution in [0.5, 0.6) is 0 Å². The summed E-state index contributed by atoms with van der Waals surface area (Å²) in [5.74, 6) is 0.391. The molecule has 0 atom stereocenters. The standard InChI is InChI=1S/C16H30BrNO/c1-2-3-4-5-6-7-12-16(19)18(14-13-17)15-10-8-9-11-15/h15H,2-14H2,1H3. The Morgan fingerprint density at radius 3 is 2.37 bits per heavy atom. The van der Waals surface area contributed by atoms with E-state index in [1.807, 2.05) is 0 Å². The molecule has 19 heavy (non-hydrogen) atoms. The third-order valence-corrected chi connectivity index (χ3v) is 4.51. The molecule has 112 valence electrons.